The summed E-state index contributed by atoms with van der Waals surface area (Å²) in [6, 6.07) is 24.8. The van der Waals surface area contributed by atoms with Gasteiger partial charge in [0.15, 0.2) is 0 Å². The number of fused-ring (bicyclic) bond motifs is 1. The van der Waals surface area contributed by atoms with Gasteiger partial charge in [-0.3, -0.25) is 14.5 Å². The molecule has 4 aromatic rings. The van der Waals surface area contributed by atoms with Crippen molar-refractivity contribution in [2.24, 2.45) is 0 Å². The molecule has 38 heavy (non-hydrogen) atoms. The third-order valence-corrected chi connectivity index (χ3v) is 7.93. The Morgan fingerprint density at radius 1 is 1.05 bits per heavy atom. The first-order valence-corrected chi connectivity index (χ1v) is 14.0. The Kier molecular flexibility index (Phi) is 7.79. The lowest BCUT2D eigenvalue weighted by Gasteiger charge is -2.24. The van der Waals surface area contributed by atoms with E-state index in [4.69, 9.17) is 28.3 Å². The Balaban J connectivity index is 1.82. The van der Waals surface area contributed by atoms with Crippen molar-refractivity contribution in [3.8, 4) is 16.9 Å². The number of nitrogens with one attached hydrogen (secondary N) is 1. The van der Waals surface area contributed by atoms with Crippen LogP contribution in [0, 0.1) is 0 Å². The lowest BCUT2D eigenvalue weighted by molar-refractivity contribution is -0.123. The molecule has 0 saturated heterocycles. The molecule has 194 valence electrons. The minimum absolute atomic E-state index is 0.0639. The number of nitrogens with zero attached hydrogens (tertiary/aromatic N) is 3. The Hall–Kier alpha value is -3.26. The highest BCUT2D eigenvalue weighted by Crippen LogP contribution is 2.49. The van der Waals surface area contributed by atoms with Gasteiger partial charge in [0.05, 0.1) is 27.4 Å². The summed E-state index contributed by atoms with van der Waals surface area (Å²) in [5.41, 5.74) is 3.99. The summed E-state index contributed by atoms with van der Waals surface area (Å²) < 4.78 is 1.70. The molecule has 1 N–H and O–H groups in total. The van der Waals surface area contributed by atoms with Crippen molar-refractivity contribution in [3.05, 3.63) is 100 Å². The normalized spacial score (nSPS) is 15.3. The second-order valence-corrected chi connectivity index (χ2v) is 11.2. The van der Waals surface area contributed by atoms with Crippen LogP contribution in [0.4, 0.5) is 5.82 Å². The van der Waals surface area contributed by atoms with Gasteiger partial charge in [0, 0.05) is 22.2 Å². The summed E-state index contributed by atoms with van der Waals surface area (Å²) in [6.45, 7) is 3.64. The predicted molar refractivity (Wildman–Crippen MR) is 155 cm³/mol. The van der Waals surface area contributed by atoms with Gasteiger partial charge in [0.2, 0.25) is 11.8 Å². The topological polar surface area (TPSA) is 67.2 Å². The molecule has 0 spiro atoms. The van der Waals surface area contributed by atoms with E-state index in [-0.39, 0.29) is 35.4 Å². The fraction of sp³-hybridized carbons (Fsp3) is 0.207. The maximum Gasteiger partial charge on any atom is 0.240 e. The number of carbonyl (C=O) groups is 2. The van der Waals surface area contributed by atoms with Gasteiger partial charge in [-0.15, -0.1) is 11.8 Å². The molecule has 9 heteroatoms. The highest BCUT2D eigenvalue weighted by molar-refractivity contribution is 8.00. The molecule has 6 nitrogen and oxygen atoms in total. The minimum atomic E-state index is -0.266. The zero-order valence-electron chi connectivity index (χ0n) is 20.9. The van der Waals surface area contributed by atoms with Gasteiger partial charge in [-0.1, -0.05) is 77.8 Å². The predicted octanol–water partition coefficient (Wildman–Crippen LogP) is 6.54. The van der Waals surface area contributed by atoms with E-state index in [1.165, 1.54) is 16.7 Å². The Morgan fingerprint density at radius 3 is 2.50 bits per heavy atom. The molecule has 5 rings (SSSR count). The second kappa shape index (κ2) is 11.2. The van der Waals surface area contributed by atoms with Crippen LogP contribution in [-0.2, 0) is 9.59 Å². The Labute approximate surface area is 235 Å². The molecule has 0 saturated carbocycles. The van der Waals surface area contributed by atoms with Crippen molar-refractivity contribution < 1.29 is 9.59 Å². The Bertz CT molecular complexity index is 1490. The van der Waals surface area contributed by atoms with Crippen LogP contribution >= 0.6 is 35.0 Å². The van der Waals surface area contributed by atoms with Crippen molar-refractivity contribution in [2.45, 2.75) is 25.1 Å². The molecule has 0 aliphatic carbocycles. The Morgan fingerprint density at radius 2 is 1.79 bits per heavy atom. The van der Waals surface area contributed by atoms with Crippen LogP contribution in [0.3, 0.4) is 0 Å². The monoisotopic (exact) mass is 564 g/mol. The number of benzene rings is 3. The van der Waals surface area contributed by atoms with E-state index in [1.807, 2.05) is 86.6 Å². The van der Waals surface area contributed by atoms with Crippen LogP contribution in [0.15, 0.2) is 78.9 Å². The number of hydrogen-bond acceptors (Lipinski definition) is 4. The number of aromatic nitrogens is 2. The van der Waals surface area contributed by atoms with Crippen LogP contribution in [-0.4, -0.2) is 39.9 Å². The number of thioether (sulfide) groups is 1. The van der Waals surface area contributed by atoms with Gasteiger partial charge in [0.1, 0.15) is 12.4 Å². The molecular formula is C29H26Cl2N4O2S. The highest BCUT2D eigenvalue weighted by Gasteiger charge is 2.38. The largest absolute Gasteiger partial charge is 0.352 e. The van der Waals surface area contributed by atoms with Gasteiger partial charge >= 0.3 is 0 Å². The van der Waals surface area contributed by atoms with Crippen LogP contribution in [0.1, 0.15) is 30.2 Å². The second-order valence-electron chi connectivity index (χ2n) is 9.26. The van der Waals surface area contributed by atoms with E-state index in [0.29, 0.717) is 27.2 Å². The molecule has 1 aliphatic rings. The summed E-state index contributed by atoms with van der Waals surface area (Å²) in [5.74, 6) is 0.263. The van der Waals surface area contributed by atoms with E-state index in [1.54, 1.807) is 10.7 Å². The van der Waals surface area contributed by atoms with Gasteiger partial charge in [-0.2, -0.15) is 5.10 Å². The fourth-order valence-electron chi connectivity index (χ4n) is 4.56. The number of hydrogen-bond donors (Lipinski definition) is 1. The van der Waals surface area contributed by atoms with E-state index >= 15 is 0 Å². The molecule has 0 radical (unpaired) electrons. The van der Waals surface area contributed by atoms with E-state index in [2.05, 4.69) is 5.32 Å². The molecule has 2 amide bonds. The quantitative estimate of drug-likeness (QED) is 0.288. The third kappa shape index (κ3) is 5.32. The summed E-state index contributed by atoms with van der Waals surface area (Å²) in [5, 5.41) is 8.77. The first-order valence-electron chi connectivity index (χ1n) is 12.2. The maximum atomic E-state index is 13.7. The fourth-order valence-corrected chi connectivity index (χ4v) is 6.17. The minimum Gasteiger partial charge on any atom is -0.352 e. The van der Waals surface area contributed by atoms with Gasteiger partial charge < -0.3 is 5.32 Å². The summed E-state index contributed by atoms with van der Waals surface area (Å²) in [6.07, 6.45) is 0. The number of carbonyl (C=O) groups excluding carboxylic acids is 2. The van der Waals surface area contributed by atoms with Crippen LogP contribution < -0.4 is 10.2 Å². The lowest BCUT2D eigenvalue weighted by Crippen LogP contribution is -2.44. The molecule has 0 bridgehead atoms. The van der Waals surface area contributed by atoms with Gasteiger partial charge in [0.25, 0.3) is 0 Å². The number of halogens is 2. The molecule has 2 heterocycles. The van der Waals surface area contributed by atoms with Crippen LogP contribution in [0.25, 0.3) is 16.9 Å². The first-order chi connectivity index (χ1) is 18.3. The van der Waals surface area contributed by atoms with Gasteiger partial charge in [-0.25, -0.2) is 4.68 Å². The summed E-state index contributed by atoms with van der Waals surface area (Å²) >= 11 is 14.6. The zero-order chi connectivity index (χ0) is 26.8. The molecule has 0 fully saturated rings. The molecule has 1 aliphatic heterocycles. The number of amides is 2. The SMILES string of the molecule is CC(C)NC(=O)CN1C(=O)CSC(c2cccc(Cl)c2)c2c(-c3ccccc3)nn(-c3ccccc3Cl)c21. The maximum absolute atomic E-state index is 13.7. The summed E-state index contributed by atoms with van der Waals surface area (Å²) in [7, 11) is 0. The smallest absolute Gasteiger partial charge is 0.240 e. The van der Waals surface area contributed by atoms with Crippen molar-refractivity contribution >= 4 is 52.6 Å². The first kappa shape index (κ1) is 26.4. The molecule has 1 unspecified atom stereocenters. The molecule has 1 aromatic heterocycles. The zero-order valence-corrected chi connectivity index (χ0v) is 23.2. The molecule has 1 atom stereocenters. The van der Waals surface area contributed by atoms with Crippen molar-refractivity contribution in [2.75, 3.05) is 17.2 Å². The third-order valence-electron chi connectivity index (χ3n) is 6.12. The molecular weight excluding hydrogens is 539 g/mol. The van der Waals surface area contributed by atoms with Crippen LogP contribution in [0.2, 0.25) is 10.0 Å². The average Bonchev–Trinajstić information content (AvgIpc) is 3.21. The van der Waals surface area contributed by atoms with E-state index in [9.17, 15) is 9.59 Å². The summed E-state index contributed by atoms with van der Waals surface area (Å²) in [4.78, 5) is 28.2. The standard InChI is InChI=1S/C29H26Cl2N4O2S/c1-18(2)32-24(36)16-34-25(37)17-38-28(20-11-8-12-21(30)15-20)26-27(19-9-4-3-5-10-19)33-35(29(26)34)23-14-7-6-13-22(23)31/h3-15,18,28H,16-17H2,1-2H3,(H,32,36). The van der Waals surface area contributed by atoms with Crippen LogP contribution in [0.5, 0.6) is 0 Å². The molecule has 3 aromatic carbocycles. The number of para-hydroxylation sites is 1. The average molecular weight is 566 g/mol. The number of rotatable bonds is 6. The van der Waals surface area contributed by atoms with Crippen molar-refractivity contribution in [3.63, 3.8) is 0 Å². The van der Waals surface area contributed by atoms with Crippen molar-refractivity contribution in [1.29, 1.82) is 0 Å². The van der Waals surface area contributed by atoms with Crippen molar-refractivity contribution in [1.82, 2.24) is 15.1 Å². The number of anilines is 1. The van der Waals surface area contributed by atoms with Gasteiger partial charge in [-0.05, 0) is 43.7 Å². The highest BCUT2D eigenvalue weighted by atomic mass is 35.5. The van der Waals surface area contributed by atoms with E-state index < -0.39 is 0 Å². The lowest BCUT2D eigenvalue weighted by atomic mass is 9.99. The van der Waals surface area contributed by atoms with E-state index in [0.717, 1.165) is 16.7 Å².